The molecule has 1 aromatic carbocycles. The number of nitrogens with zero attached hydrogens (tertiary/aromatic N) is 5. The van der Waals surface area contributed by atoms with Gasteiger partial charge in [-0.15, -0.1) is 11.3 Å². The van der Waals surface area contributed by atoms with Crippen LogP contribution in [-0.4, -0.2) is 33.2 Å². The highest BCUT2D eigenvalue weighted by molar-refractivity contribution is 7.92. The molecule has 0 fully saturated rings. The molecule has 4 aromatic rings. The van der Waals surface area contributed by atoms with E-state index in [4.69, 9.17) is 0 Å². The Balaban J connectivity index is 1.76. The first kappa shape index (κ1) is 18.5. The van der Waals surface area contributed by atoms with Gasteiger partial charge in [-0.25, -0.2) is 23.4 Å². The predicted octanol–water partition coefficient (Wildman–Crippen LogP) is 3.50. The molecule has 8 nitrogen and oxygen atoms in total. The number of benzene rings is 1. The molecule has 1 N–H and O–H groups in total. The molecular weight excluding hydrogens is 396 g/mol. The number of hydrogen-bond donors (Lipinski definition) is 1. The molecule has 10 heteroatoms. The van der Waals surface area contributed by atoms with Crippen LogP contribution in [-0.2, 0) is 10.0 Å². The van der Waals surface area contributed by atoms with Crippen LogP contribution in [0.25, 0.3) is 16.2 Å². The lowest BCUT2D eigenvalue weighted by Gasteiger charge is -2.09. The van der Waals surface area contributed by atoms with Crippen LogP contribution in [0.4, 0.5) is 5.82 Å². The molecular formula is C18H18N6O2S2. The first-order chi connectivity index (χ1) is 13.3. The van der Waals surface area contributed by atoms with E-state index in [1.807, 2.05) is 20.8 Å². The predicted molar refractivity (Wildman–Crippen MR) is 108 cm³/mol. The van der Waals surface area contributed by atoms with E-state index in [1.54, 1.807) is 42.7 Å². The fourth-order valence-corrected chi connectivity index (χ4v) is 4.69. The van der Waals surface area contributed by atoms with E-state index in [-0.39, 0.29) is 16.6 Å². The van der Waals surface area contributed by atoms with Crippen molar-refractivity contribution in [2.45, 2.75) is 31.6 Å². The molecule has 0 aliphatic rings. The zero-order chi connectivity index (χ0) is 19.9. The van der Waals surface area contributed by atoms with E-state index < -0.39 is 10.0 Å². The molecule has 0 amide bonds. The van der Waals surface area contributed by atoms with Crippen molar-refractivity contribution in [1.29, 1.82) is 0 Å². The third-order valence-electron chi connectivity index (χ3n) is 4.08. The highest BCUT2D eigenvalue weighted by Crippen LogP contribution is 2.27. The smallest absolute Gasteiger partial charge is 0.263 e. The first-order valence-corrected chi connectivity index (χ1v) is 10.9. The van der Waals surface area contributed by atoms with Crippen molar-refractivity contribution in [2.24, 2.45) is 0 Å². The van der Waals surface area contributed by atoms with Crippen LogP contribution in [0.5, 0.6) is 0 Å². The summed E-state index contributed by atoms with van der Waals surface area (Å²) in [5.74, 6) is 0.695. The summed E-state index contributed by atoms with van der Waals surface area (Å²) in [6, 6.07) is 8.28. The standard InChI is InChI=1S/C18H18N6O2S2/c1-11(2)15-10-17(24(22-15)18-19-7-4-8-20-18)23-28(25,26)13-5-6-14-16(9-13)27-12(3)21-14/h4-11,23H,1-3H3. The molecule has 0 aliphatic carbocycles. The average Bonchev–Trinajstić information content (AvgIpc) is 3.24. The molecule has 0 spiro atoms. The zero-order valence-corrected chi connectivity index (χ0v) is 17.1. The summed E-state index contributed by atoms with van der Waals surface area (Å²) in [5.41, 5.74) is 1.52. The lowest BCUT2D eigenvalue weighted by molar-refractivity contribution is 0.600. The Morgan fingerprint density at radius 1 is 1.14 bits per heavy atom. The van der Waals surface area contributed by atoms with Crippen LogP contribution >= 0.6 is 11.3 Å². The Labute approximate surface area is 166 Å². The molecule has 0 aliphatic heterocycles. The molecule has 0 radical (unpaired) electrons. The monoisotopic (exact) mass is 414 g/mol. The van der Waals surface area contributed by atoms with E-state index in [9.17, 15) is 8.42 Å². The van der Waals surface area contributed by atoms with Gasteiger partial charge < -0.3 is 0 Å². The van der Waals surface area contributed by atoms with Crippen molar-refractivity contribution in [3.8, 4) is 5.95 Å². The van der Waals surface area contributed by atoms with Gasteiger partial charge in [-0.1, -0.05) is 13.8 Å². The Morgan fingerprint density at radius 3 is 2.61 bits per heavy atom. The quantitative estimate of drug-likeness (QED) is 0.536. The number of nitrogens with one attached hydrogen (secondary N) is 1. The molecule has 0 atom stereocenters. The molecule has 28 heavy (non-hydrogen) atoms. The van der Waals surface area contributed by atoms with Gasteiger partial charge in [-0.2, -0.15) is 9.78 Å². The van der Waals surface area contributed by atoms with Crippen LogP contribution in [0.3, 0.4) is 0 Å². The summed E-state index contributed by atoms with van der Waals surface area (Å²) in [4.78, 5) is 12.9. The van der Waals surface area contributed by atoms with Crippen LogP contribution in [0, 0.1) is 6.92 Å². The molecule has 4 rings (SSSR count). The van der Waals surface area contributed by atoms with Gasteiger partial charge in [0.1, 0.15) is 5.82 Å². The minimum Gasteiger partial charge on any atom is -0.263 e. The van der Waals surface area contributed by atoms with Gasteiger partial charge in [0.25, 0.3) is 16.0 Å². The molecule has 0 unspecified atom stereocenters. The number of fused-ring (bicyclic) bond motifs is 1. The van der Waals surface area contributed by atoms with Gasteiger partial charge >= 0.3 is 0 Å². The van der Waals surface area contributed by atoms with Gasteiger partial charge in [0.05, 0.1) is 25.8 Å². The minimum atomic E-state index is -3.83. The van der Waals surface area contributed by atoms with Crippen molar-refractivity contribution < 1.29 is 8.42 Å². The van der Waals surface area contributed by atoms with Crippen molar-refractivity contribution in [1.82, 2.24) is 24.7 Å². The largest absolute Gasteiger partial charge is 0.263 e. The molecule has 3 aromatic heterocycles. The van der Waals surface area contributed by atoms with E-state index >= 15 is 0 Å². The summed E-state index contributed by atoms with van der Waals surface area (Å²) in [6.45, 7) is 5.86. The number of anilines is 1. The maximum atomic E-state index is 13.0. The number of thiazole rings is 1. The Kier molecular flexibility index (Phi) is 4.60. The first-order valence-electron chi connectivity index (χ1n) is 8.61. The Bertz CT molecular complexity index is 1250. The summed E-state index contributed by atoms with van der Waals surface area (Å²) in [7, 11) is -3.83. The van der Waals surface area contributed by atoms with Gasteiger partial charge in [-0.05, 0) is 37.1 Å². The van der Waals surface area contributed by atoms with Gasteiger partial charge in [-0.3, -0.25) is 4.72 Å². The van der Waals surface area contributed by atoms with Crippen molar-refractivity contribution >= 4 is 37.4 Å². The summed E-state index contributed by atoms with van der Waals surface area (Å²) in [6.07, 6.45) is 3.16. The Morgan fingerprint density at radius 2 is 1.89 bits per heavy atom. The fraction of sp³-hybridized carbons (Fsp3) is 0.222. The third-order valence-corrected chi connectivity index (χ3v) is 6.36. The molecule has 3 heterocycles. The average molecular weight is 415 g/mol. The van der Waals surface area contributed by atoms with Gasteiger partial charge in [0, 0.05) is 18.5 Å². The maximum Gasteiger partial charge on any atom is 0.263 e. The fourth-order valence-electron chi connectivity index (χ4n) is 2.69. The lowest BCUT2D eigenvalue weighted by Crippen LogP contribution is -2.16. The summed E-state index contributed by atoms with van der Waals surface area (Å²) in [5, 5.41) is 5.36. The normalized spacial score (nSPS) is 12.0. The highest BCUT2D eigenvalue weighted by Gasteiger charge is 2.21. The minimum absolute atomic E-state index is 0.115. The number of aromatic nitrogens is 5. The van der Waals surface area contributed by atoms with E-state index in [1.165, 1.54) is 16.0 Å². The zero-order valence-electron chi connectivity index (χ0n) is 15.5. The number of aryl methyl sites for hydroxylation is 1. The van der Waals surface area contributed by atoms with Crippen molar-refractivity contribution in [3.05, 3.63) is 53.4 Å². The second kappa shape index (κ2) is 6.95. The third kappa shape index (κ3) is 3.48. The Hall–Kier alpha value is -2.85. The molecule has 0 saturated carbocycles. The van der Waals surface area contributed by atoms with E-state index in [0.29, 0.717) is 5.95 Å². The van der Waals surface area contributed by atoms with Crippen LogP contribution in [0.2, 0.25) is 0 Å². The molecule has 0 saturated heterocycles. The number of hydrogen-bond acceptors (Lipinski definition) is 7. The summed E-state index contributed by atoms with van der Waals surface area (Å²) >= 11 is 1.46. The number of sulfonamides is 1. The van der Waals surface area contributed by atoms with Crippen LogP contribution in [0.15, 0.2) is 47.6 Å². The van der Waals surface area contributed by atoms with Crippen LogP contribution < -0.4 is 4.72 Å². The summed E-state index contributed by atoms with van der Waals surface area (Å²) < 4.78 is 30.9. The van der Waals surface area contributed by atoms with Crippen molar-refractivity contribution in [2.75, 3.05) is 4.72 Å². The van der Waals surface area contributed by atoms with Gasteiger partial charge in [0.15, 0.2) is 0 Å². The molecule has 0 bridgehead atoms. The highest BCUT2D eigenvalue weighted by atomic mass is 32.2. The lowest BCUT2D eigenvalue weighted by atomic mass is 10.1. The second-order valence-electron chi connectivity index (χ2n) is 6.54. The van der Waals surface area contributed by atoms with E-state index in [2.05, 4.69) is 24.8 Å². The maximum absolute atomic E-state index is 13.0. The van der Waals surface area contributed by atoms with Crippen molar-refractivity contribution in [3.63, 3.8) is 0 Å². The van der Waals surface area contributed by atoms with Gasteiger partial charge in [0.2, 0.25) is 0 Å². The number of rotatable bonds is 5. The SMILES string of the molecule is Cc1nc2ccc(S(=O)(=O)Nc3cc(C(C)C)nn3-c3ncccn3)cc2s1. The molecule has 144 valence electrons. The second-order valence-corrected chi connectivity index (χ2v) is 9.45. The topological polar surface area (TPSA) is 103 Å². The van der Waals surface area contributed by atoms with E-state index in [0.717, 1.165) is 20.9 Å². The van der Waals surface area contributed by atoms with Crippen LogP contribution in [0.1, 0.15) is 30.5 Å².